The SMILES string of the molecule is COc1ccc2c(-c3cnnc(Cn4ccnc4C)c3)cccc2c1. The molecule has 0 spiro atoms. The van der Waals surface area contributed by atoms with E-state index in [0.29, 0.717) is 6.54 Å². The Kier molecular flexibility index (Phi) is 3.90. The fraction of sp³-hybridized carbons (Fsp3) is 0.150. The van der Waals surface area contributed by atoms with Gasteiger partial charge in [-0.25, -0.2) is 4.98 Å². The highest BCUT2D eigenvalue weighted by atomic mass is 16.5. The third-order valence-corrected chi connectivity index (χ3v) is 4.36. The Morgan fingerprint density at radius 3 is 2.84 bits per heavy atom. The first-order chi connectivity index (χ1) is 12.2. The quantitative estimate of drug-likeness (QED) is 0.570. The van der Waals surface area contributed by atoms with Crippen molar-refractivity contribution >= 4 is 10.8 Å². The Bertz CT molecular complexity index is 1040. The second kappa shape index (κ2) is 6.36. The second-order valence-corrected chi connectivity index (χ2v) is 5.93. The molecular weight excluding hydrogens is 312 g/mol. The molecule has 0 aliphatic rings. The molecule has 0 amide bonds. The van der Waals surface area contributed by atoms with E-state index in [1.54, 1.807) is 13.3 Å². The number of imidazole rings is 1. The molecule has 4 aromatic rings. The van der Waals surface area contributed by atoms with Gasteiger partial charge >= 0.3 is 0 Å². The fourth-order valence-corrected chi connectivity index (χ4v) is 3.02. The first-order valence-corrected chi connectivity index (χ1v) is 8.11. The number of rotatable bonds is 4. The van der Waals surface area contributed by atoms with E-state index in [1.165, 1.54) is 5.39 Å². The minimum absolute atomic E-state index is 0.658. The van der Waals surface area contributed by atoms with Crippen LogP contribution < -0.4 is 4.74 Å². The molecule has 124 valence electrons. The molecule has 0 aliphatic carbocycles. The van der Waals surface area contributed by atoms with E-state index in [2.05, 4.69) is 50.1 Å². The first-order valence-electron chi connectivity index (χ1n) is 8.11. The van der Waals surface area contributed by atoms with Gasteiger partial charge < -0.3 is 9.30 Å². The molecule has 0 saturated carbocycles. The number of methoxy groups -OCH3 is 1. The Morgan fingerprint density at radius 1 is 1.12 bits per heavy atom. The van der Waals surface area contributed by atoms with Crippen LogP contribution in [0.15, 0.2) is 61.1 Å². The van der Waals surface area contributed by atoms with Gasteiger partial charge in [0.25, 0.3) is 0 Å². The molecular formula is C20H18N4O. The maximum atomic E-state index is 5.33. The minimum atomic E-state index is 0.658. The number of aryl methyl sites for hydroxylation is 1. The number of hydrogen-bond acceptors (Lipinski definition) is 4. The highest BCUT2D eigenvalue weighted by Crippen LogP contribution is 2.30. The summed E-state index contributed by atoms with van der Waals surface area (Å²) in [5.41, 5.74) is 3.10. The lowest BCUT2D eigenvalue weighted by Crippen LogP contribution is -2.04. The van der Waals surface area contributed by atoms with Gasteiger partial charge in [-0.05, 0) is 41.5 Å². The van der Waals surface area contributed by atoms with E-state index in [4.69, 9.17) is 4.74 Å². The molecule has 0 unspecified atom stereocenters. The van der Waals surface area contributed by atoms with Crippen molar-refractivity contribution in [2.75, 3.05) is 7.11 Å². The summed E-state index contributed by atoms with van der Waals surface area (Å²) in [6.07, 6.45) is 5.56. The van der Waals surface area contributed by atoms with Crippen molar-refractivity contribution in [3.63, 3.8) is 0 Å². The van der Waals surface area contributed by atoms with E-state index in [0.717, 1.165) is 33.8 Å². The van der Waals surface area contributed by atoms with Crippen LogP contribution in [0.1, 0.15) is 11.5 Å². The standard InChI is InChI=1S/C20H18N4O/c1-14-21-8-9-24(14)13-17-10-16(12-22-23-17)19-5-3-4-15-11-18(25-2)6-7-20(15)19/h3-12H,13H2,1-2H3. The summed E-state index contributed by atoms with van der Waals surface area (Å²) >= 11 is 0. The lowest BCUT2D eigenvalue weighted by Gasteiger charge is -2.10. The van der Waals surface area contributed by atoms with Gasteiger partial charge in [0.1, 0.15) is 11.6 Å². The van der Waals surface area contributed by atoms with E-state index >= 15 is 0 Å². The maximum Gasteiger partial charge on any atom is 0.119 e. The molecule has 2 aromatic heterocycles. The summed E-state index contributed by atoms with van der Waals surface area (Å²) in [6, 6.07) is 14.5. The summed E-state index contributed by atoms with van der Waals surface area (Å²) in [5, 5.41) is 10.8. The number of fused-ring (bicyclic) bond motifs is 1. The summed E-state index contributed by atoms with van der Waals surface area (Å²) in [4.78, 5) is 4.25. The Labute approximate surface area is 145 Å². The lowest BCUT2D eigenvalue weighted by atomic mass is 9.99. The van der Waals surface area contributed by atoms with Gasteiger partial charge in [-0.2, -0.15) is 10.2 Å². The first kappa shape index (κ1) is 15.3. The minimum Gasteiger partial charge on any atom is -0.497 e. The van der Waals surface area contributed by atoms with Gasteiger partial charge in [-0.3, -0.25) is 0 Å². The van der Waals surface area contributed by atoms with Crippen molar-refractivity contribution in [1.82, 2.24) is 19.7 Å². The van der Waals surface area contributed by atoms with Crippen LogP contribution in [0.5, 0.6) is 5.75 Å². The summed E-state index contributed by atoms with van der Waals surface area (Å²) in [5.74, 6) is 1.82. The van der Waals surface area contributed by atoms with Gasteiger partial charge in [0.15, 0.2) is 0 Å². The average molecular weight is 330 g/mol. The molecule has 2 aromatic carbocycles. The van der Waals surface area contributed by atoms with E-state index in [-0.39, 0.29) is 0 Å². The topological polar surface area (TPSA) is 52.8 Å². The normalized spacial score (nSPS) is 11.0. The summed E-state index contributed by atoms with van der Waals surface area (Å²) < 4.78 is 7.38. The summed E-state index contributed by atoms with van der Waals surface area (Å²) in [7, 11) is 1.68. The van der Waals surface area contributed by atoms with E-state index in [1.807, 2.05) is 31.5 Å². The molecule has 0 atom stereocenters. The Balaban J connectivity index is 1.76. The monoisotopic (exact) mass is 330 g/mol. The van der Waals surface area contributed by atoms with Crippen molar-refractivity contribution in [3.8, 4) is 16.9 Å². The van der Waals surface area contributed by atoms with Gasteiger partial charge in [0.2, 0.25) is 0 Å². The van der Waals surface area contributed by atoms with Crippen LogP contribution in [0.2, 0.25) is 0 Å². The number of ether oxygens (including phenoxy) is 1. The molecule has 0 fully saturated rings. The molecule has 2 heterocycles. The fourth-order valence-electron chi connectivity index (χ4n) is 3.02. The van der Waals surface area contributed by atoms with Crippen LogP contribution >= 0.6 is 0 Å². The smallest absolute Gasteiger partial charge is 0.119 e. The van der Waals surface area contributed by atoms with Crippen LogP contribution in [0, 0.1) is 6.92 Å². The molecule has 0 N–H and O–H groups in total. The van der Waals surface area contributed by atoms with Crippen molar-refractivity contribution < 1.29 is 4.74 Å². The summed E-state index contributed by atoms with van der Waals surface area (Å²) in [6.45, 7) is 2.64. The van der Waals surface area contributed by atoms with Crippen LogP contribution in [0.3, 0.4) is 0 Å². The molecule has 0 bridgehead atoms. The van der Waals surface area contributed by atoms with Crippen LogP contribution in [0.4, 0.5) is 0 Å². The number of nitrogens with zero attached hydrogens (tertiary/aromatic N) is 4. The van der Waals surface area contributed by atoms with Crippen molar-refractivity contribution in [2.45, 2.75) is 13.5 Å². The predicted molar refractivity (Wildman–Crippen MR) is 97.6 cm³/mol. The van der Waals surface area contributed by atoms with Gasteiger partial charge in [0, 0.05) is 18.0 Å². The zero-order valence-electron chi connectivity index (χ0n) is 14.2. The molecule has 0 radical (unpaired) electrons. The lowest BCUT2D eigenvalue weighted by molar-refractivity contribution is 0.415. The van der Waals surface area contributed by atoms with Crippen molar-refractivity contribution in [3.05, 3.63) is 72.6 Å². The van der Waals surface area contributed by atoms with Gasteiger partial charge in [-0.1, -0.05) is 24.3 Å². The average Bonchev–Trinajstić information content (AvgIpc) is 3.05. The molecule has 5 heteroatoms. The molecule has 0 saturated heterocycles. The molecule has 4 rings (SSSR count). The van der Waals surface area contributed by atoms with Crippen molar-refractivity contribution in [2.24, 2.45) is 0 Å². The maximum absolute atomic E-state index is 5.33. The third kappa shape index (κ3) is 2.96. The predicted octanol–water partition coefficient (Wildman–Crippen LogP) is 3.86. The number of aromatic nitrogens is 4. The van der Waals surface area contributed by atoms with Gasteiger partial charge in [-0.15, -0.1) is 0 Å². The van der Waals surface area contributed by atoms with E-state index < -0.39 is 0 Å². The van der Waals surface area contributed by atoms with Crippen LogP contribution in [-0.4, -0.2) is 26.9 Å². The second-order valence-electron chi connectivity index (χ2n) is 5.93. The Hall–Kier alpha value is -3.21. The highest BCUT2D eigenvalue weighted by molar-refractivity contribution is 5.97. The number of benzene rings is 2. The van der Waals surface area contributed by atoms with Gasteiger partial charge in [0.05, 0.1) is 25.5 Å². The zero-order chi connectivity index (χ0) is 17.2. The van der Waals surface area contributed by atoms with E-state index in [9.17, 15) is 0 Å². The largest absolute Gasteiger partial charge is 0.497 e. The van der Waals surface area contributed by atoms with Crippen molar-refractivity contribution in [1.29, 1.82) is 0 Å². The van der Waals surface area contributed by atoms with Crippen LogP contribution in [-0.2, 0) is 6.54 Å². The van der Waals surface area contributed by atoms with Crippen LogP contribution in [0.25, 0.3) is 21.9 Å². The zero-order valence-corrected chi connectivity index (χ0v) is 14.2. The molecule has 0 aliphatic heterocycles. The Morgan fingerprint density at radius 2 is 2.04 bits per heavy atom. The third-order valence-electron chi connectivity index (χ3n) is 4.36. The molecule has 5 nitrogen and oxygen atoms in total. The highest BCUT2D eigenvalue weighted by Gasteiger charge is 2.08. The molecule has 25 heavy (non-hydrogen) atoms. The number of hydrogen-bond donors (Lipinski definition) is 0.